The molecule has 2 aromatic carbocycles. The molecule has 0 heterocycles. The summed E-state index contributed by atoms with van der Waals surface area (Å²) in [4.78, 5) is 0. The van der Waals surface area contributed by atoms with Crippen molar-refractivity contribution < 1.29 is 9.47 Å². The molecule has 0 aliphatic carbocycles. The van der Waals surface area contributed by atoms with Crippen molar-refractivity contribution in [3.05, 3.63) is 45.9 Å². The maximum atomic E-state index is 6.09. The van der Waals surface area contributed by atoms with Crippen molar-refractivity contribution in [2.75, 3.05) is 24.9 Å². The molecule has 0 radical (unpaired) electrons. The maximum Gasteiger partial charge on any atom is 0.175 e. The Balaban J connectivity index is 2.19. The number of thiocarbonyl (C=S) groups is 1. The molecule has 0 aliphatic heterocycles. The molecule has 0 bridgehead atoms. The summed E-state index contributed by atoms with van der Waals surface area (Å²) in [5, 5.41) is 7.75. The van der Waals surface area contributed by atoms with Crippen molar-refractivity contribution in [2.24, 2.45) is 0 Å². The van der Waals surface area contributed by atoms with Crippen molar-refractivity contribution in [3.63, 3.8) is 0 Å². The van der Waals surface area contributed by atoms with E-state index < -0.39 is 0 Å². The lowest BCUT2D eigenvalue weighted by molar-refractivity contribution is 0.405. The van der Waals surface area contributed by atoms with Gasteiger partial charge in [-0.3, -0.25) is 0 Å². The molecule has 0 saturated heterocycles. The average Bonchev–Trinajstić information content (AvgIpc) is 2.51. The van der Waals surface area contributed by atoms with Gasteiger partial charge in [-0.25, -0.2) is 0 Å². The highest BCUT2D eigenvalue weighted by atomic mass is 35.5. The van der Waals surface area contributed by atoms with Crippen molar-refractivity contribution in [1.29, 1.82) is 0 Å². The first-order valence-electron chi connectivity index (χ1n) is 6.70. The van der Waals surface area contributed by atoms with Gasteiger partial charge in [0.25, 0.3) is 0 Å². The Kier molecular flexibility index (Phi) is 5.93. The largest absolute Gasteiger partial charge is 0.495 e. The molecular formula is C16H16Cl2N2O2S. The molecule has 0 fully saturated rings. The SMILES string of the molecule is COc1cc(NC(=S)Nc2ccc(Cl)cc2C)c(OC)cc1Cl. The first-order chi connectivity index (χ1) is 10.9. The van der Waals surface area contributed by atoms with E-state index in [-0.39, 0.29) is 0 Å². The molecule has 0 unspecified atom stereocenters. The van der Waals surface area contributed by atoms with Gasteiger partial charge in [-0.1, -0.05) is 23.2 Å². The van der Waals surface area contributed by atoms with E-state index in [4.69, 9.17) is 44.9 Å². The first kappa shape index (κ1) is 17.7. The van der Waals surface area contributed by atoms with E-state index in [1.54, 1.807) is 32.4 Å². The molecule has 122 valence electrons. The Hall–Kier alpha value is -1.69. The molecule has 2 aromatic rings. The minimum Gasteiger partial charge on any atom is -0.495 e. The van der Waals surface area contributed by atoms with Gasteiger partial charge >= 0.3 is 0 Å². The van der Waals surface area contributed by atoms with Crippen LogP contribution < -0.4 is 20.1 Å². The van der Waals surface area contributed by atoms with Gasteiger partial charge < -0.3 is 20.1 Å². The number of benzene rings is 2. The summed E-state index contributed by atoms with van der Waals surface area (Å²) < 4.78 is 10.5. The summed E-state index contributed by atoms with van der Waals surface area (Å²) in [6.07, 6.45) is 0. The lowest BCUT2D eigenvalue weighted by Crippen LogP contribution is -2.20. The van der Waals surface area contributed by atoms with E-state index in [1.165, 1.54) is 0 Å². The van der Waals surface area contributed by atoms with Crippen LogP contribution in [0.1, 0.15) is 5.56 Å². The predicted octanol–water partition coefficient (Wildman–Crippen LogP) is 5.13. The third-order valence-electron chi connectivity index (χ3n) is 3.16. The Bertz CT molecular complexity index is 738. The third kappa shape index (κ3) is 4.41. The van der Waals surface area contributed by atoms with Crippen LogP contribution in [0.3, 0.4) is 0 Å². The van der Waals surface area contributed by atoms with E-state index in [9.17, 15) is 0 Å². The Morgan fingerprint density at radius 2 is 1.61 bits per heavy atom. The minimum atomic E-state index is 0.415. The number of aryl methyl sites for hydroxylation is 1. The van der Waals surface area contributed by atoms with Gasteiger partial charge in [0.2, 0.25) is 0 Å². The van der Waals surface area contributed by atoms with E-state index in [0.29, 0.717) is 32.3 Å². The van der Waals surface area contributed by atoms with Crippen LogP contribution in [0.5, 0.6) is 11.5 Å². The van der Waals surface area contributed by atoms with Crippen LogP contribution in [-0.2, 0) is 0 Å². The summed E-state index contributed by atoms with van der Waals surface area (Å²) in [5.41, 5.74) is 2.51. The van der Waals surface area contributed by atoms with Gasteiger partial charge in [0.05, 0.1) is 24.9 Å². The summed E-state index contributed by atoms with van der Waals surface area (Å²) in [6.45, 7) is 1.95. The maximum absolute atomic E-state index is 6.09. The van der Waals surface area contributed by atoms with Gasteiger partial charge in [-0.05, 0) is 42.9 Å². The van der Waals surface area contributed by atoms with E-state index in [1.807, 2.05) is 19.1 Å². The van der Waals surface area contributed by atoms with Crippen LogP contribution in [0.25, 0.3) is 0 Å². The van der Waals surface area contributed by atoms with Gasteiger partial charge in [-0.2, -0.15) is 0 Å². The normalized spacial score (nSPS) is 10.1. The molecular weight excluding hydrogens is 355 g/mol. The topological polar surface area (TPSA) is 42.5 Å². The molecule has 0 spiro atoms. The average molecular weight is 371 g/mol. The number of ether oxygens (including phenoxy) is 2. The highest BCUT2D eigenvalue weighted by molar-refractivity contribution is 7.80. The molecule has 0 atom stereocenters. The number of anilines is 2. The molecule has 0 amide bonds. The second-order valence-electron chi connectivity index (χ2n) is 4.73. The lowest BCUT2D eigenvalue weighted by atomic mass is 10.2. The van der Waals surface area contributed by atoms with Gasteiger partial charge in [0, 0.05) is 22.8 Å². The van der Waals surface area contributed by atoms with Crippen molar-refractivity contribution in [1.82, 2.24) is 0 Å². The van der Waals surface area contributed by atoms with Crippen LogP contribution >= 0.6 is 35.4 Å². The molecule has 0 aliphatic rings. The molecule has 2 rings (SSSR count). The Morgan fingerprint density at radius 3 is 2.22 bits per heavy atom. The van der Waals surface area contributed by atoms with E-state index >= 15 is 0 Å². The summed E-state index contributed by atoms with van der Waals surface area (Å²) >= 11 is 17.4. The minimum absolute atomic E-state index is 0.415. The molecule has 7 heteroatoms. The first-order valence-corrected chi connectivity index (χ1v) is 7.86. The zero-order chi connectivity index (χ0) is 17.0. The van der Waals surface area contributed by atoms with Crippen LogP contribution in [0.2, 0.25) is 10.0 Å². The standard InChI is InChI=1S/C16H16Cl2N2O2S/c1-9-6-10(17)4-5-12(9)19-16(23)20-13-8-14(21-2)11(18)7-15(13)22-3/h4-8H,1-3H3,(H2,19,20,23). The highest BCUT2D eigenvalue weighted by Crippen LogP contribution is 2.36. The highest BCUT2D eigenvalue weighted by Gasteiger charge is 2.11. The molecule has 23 heavy (non-hydrogen) atoms. The fourth-order valence-electron chi connectivity index (χ4n) is 2.00. The second-order valence-corrected chi connectivity index (χ2v) is 5.98. The number of nitrogens with one attached hydrogen (secondary N) is 2. The fourth-order valence-corrected chi connectivity index (χ4v) is 2.68. The van der Waals surface area contributed by atoms with Gasteiger partial charge in [-0.15, -0.1) is 0 Å². The number of rotatable bonds is 4. The van der Waals surface area contributed by atoms with Crippen molar-refractivity contribution in [2.45, 2.75) is 6.92 Å². The lowest BCUT2D eigenvalue weighted by Gasteiger charge is -2.16. The number of halogens is 2. The monoisotopic (exact) mass is 370 g/mol. The summed E-state index contributed by atoms with van der Waals surface area (Å²) in [6, 6.07) is 8.91. The fraction of sp³-hybridized carbons (Fsp3) is 0.188. The summed E-state index contributed by atoms with van der Waals surface area (Å²) in [5.74, 6) is 1.09. The van der Waals surface area contributed by atoms with Crippen LogP contribution in [0, 0.1) is 6.92 Å². The summed E-state index contributed by atoms with van der Waals surface area (Å²) in [7, 11) is 3.11. The van der Waals surface area contributed by atoms with Crippen LogP contribution in [-0.4, -0.2) is 19.3 Å². The van der Waals surface area contributed by atoms with Crippen LogP contribution in [0.4, 0.5) is 11.4 Å². The zero-order valence-corrected chi connectivity index (χ0v) is 15.2. The predicted molar refractivity (Wildman–Crippen MR) is 101 cm³/mol. The van der Waals surface area contributed by atoms with E-state index in [0.717, 1.165) is 11.3 Å². The van der Waals surface area contributed by atoms with Crippen molar-refractivity contribution in [3.8, 4) is 11.5 Å². The molecule has 4 nitrogen and oxygen atoms in total. The third-order valence-corrected chi connectivity index (χ3v) is 3.89. The van der Waals surface area contributed by atoms with Gasteiger partial charge in [0.1, 0.15) is 11.5 Å². The van der Waals surface area contributed by atoms with Gasteiger partial charge in [0.15, 0.2) is 5.11 Å². The molecule has 0 saturated carbocycles. The quantitative estimate of drug-likeness (QED) is 0.730. The Labute approximate surface area is 150 Å². The van der Waals surface area contributed by atoms with Crippen LogP contribution in [0.15, 0.2) is 30.3 Å². The molecule has 2 N–H and O–H groups in total. The number of methoxy groups -OCH3 is 2. The van der Waals surface area contributed by atoms with E-state index in [2.05, 4.69) is 10.6 Å². The number of hydrogen-bond donors (Lipinski definition) is 2. The number of hydrogen-bond acceptors (Lipinski definition) is 3. The van der Waals surface area contributed by atoms with Crippen molar-refractivity contribution >= 4 is 51.9 Å². The molecule has 0 aromatic heterocycles. The second kappa shape index (κ2) is 7.73. The Morgan fingerprint density at radius 1 is 0.957 bits per heavy atom. The zero-order valence-electron chi connectivity index (χ0n) is 12.9. The smallest absolute Gasteiger partial charge is 0.175 e.